The van der Waals surface area contributed by atoms with E-state index in [1.54, 1.807) is 18.2 Å². The maximum Gasteiger partial charge on any atom is 0.219 e. The zero-order valence-corrected chi connectivity index (χ0v) is 8.90. The van der Waals surface area contributed by atoms with Gasteiger partial charge in [0.2, 0.25) is 5.91 Å². The maximum absolute atomic E-state index is 10.5. The van der Waals surface area contributed by atoms with Crippen molar-refractivity contribution in [2.24, 2.45) is 5.73 Å². The van der Waals surface area contributed by atoms with E-state index < -0.39 is 0 Å². The first-order chi connectivity index (χ1) is 6.61. The van der Waals surface area contributed by atoms with E-state index in [0.29, 0.717) is 22.3 Å². The van der Waals surface area contributed by atoms with Crippen molar-refractivity contribution in [3.05, 3.63) is 28.2 Å². The molecule has 1 aromatic rings. The van der Waals surface area contributed by atoms with Gasteiger partial charge in [0.1, 0.15) is 0 Å². The summed E-state index contributed by atoms with van der Waals surface area (Å²) in [5.74, 6) is -0.351. The van der Waals surface area contributed by atoms with E-state index in [9.17, 15) is 4.79 Å². The second-order valence-electron chi connectivity index (χ2n) is 2.74. The van der Waals surface area contributed by atoms with Crippen LogP contribution in [-0.4, -0.2) is 12.5 Å². The third kappa shape index (κ3) is 3.09. The molecular weight excluding hydrogens is 223 g/mol. The van der Waals surface area contributed by atoms with Gasteiger partial charge in [-0.2, -0.15) is 0 Å². The van der Waals surface area contributed by atoms with Gasteiger partial charge in [-0.3, -0.25) is 4.79 Å². The minimum Gasteiger partial charge on any atom is -0.383 e. The largest absolute Gasteiger partial charge is 0.383 e. The van der Waals surface area contributed by atoms with Crippen LogP contribution in [0.4, 0.5) is 5.69 Å². The van der Waals surface area contributed by atoms with Crippen molar-refractivity contribution in [1.82, 2.24) is 0 Å². The Morgan fingerprint density at radius 2 is 2.14 bits per heavy atom. The van der Waals surface area contributed by atoms with Crippen molar-refractivity contribution in [2.75, 3.05) is 11.9 Å². The minimum atomic E-state index is -0.351. The van der Waals surface area contributed by atoms with Gasteiger partial charge in [0.05, 0.1) is 15.7 Å². The van der Waals surface area contributed by atoms with E-state index >= 15 is 0 Å². The van der Waals surface area contributed by atoms with Crippen molar-refractivity contribution >= 4 is 34.8 Å². The van der Waals surface area contributed by atoms with Crippen molar-refractivity contribution in [2.45, 2.75) is 6.42 Å². The van der Waals surface area contributed by atoms with Crippen molar-refractivity contribution in [3.63, 3.8) is 0 Å². The van der Waals surface area contributed by atoms with Gasteiger partial charge >= 0.3 is 0 Å². The first-order valence-corrected chi connectivity index (χ1v) is 4.83. The zero-order chi connectivity index (χ0) is 10.6. The molecule has 5 heteroatoms. The molecule has 1 rings (SSSR count). The van der Waals surface area contributed by atoms with Crippen LogP contribution in [-0.2, 0) is 4.79 Å². The summed E-state index contributed by atoms with van der Waals surface area (Å²) in [6.45, 7) is 0.454. The summed E-state index contributed by atoms with van der Waals surface area (Å²) >= 11 is 11.7. The molecule has 0 aliphatic rings. The molecule has 1 aromatic carbocycles. The Labute approximate surface area is 92.2 Å². The highest BCUT2D eigenvalue weighted by molar-refractivity contribution is 6.43. The number of nitrogens with one attached hydrogen (secondary N) is 1. The standard InChI is InChI=1S/C9H10Cl2N2O/c10-6-2-1-3-7(9(6)11)13-5-4-8(12)14/h1-3,13H,4-5H2,(H2,12,14). The number of carbonyl (C=O) groups is 1. The van der Waals surface area contributed by atoms with E-state index in [4.69, 9.17) is 28.9 Å². The monoisotopic (exact) mass is 232 g/mol. The highest BCUT2D eigenvalue weighted by atomic mass is 35.5. The maximum atomic E-state index is 10.5. The fourth-order valence-corrected chi connectivity index (χ4v) is 1.33. The quantitative estimate of drug-likeness (QED) is 0.838. The topological polar surface area (TPSA) is 55.1 Å². The number of amides is 1. The molecule has 0 saturated heterocycles. The molecule has 3 N–H and O–H groups in total. The Kier molecular flexibility index (Phi) is 4.04. The van der Waals surface area contributed by atoms with Gasteiger partial charge in [-0.25, -0.2) is 0 Å². The molecule has 0 spiro atoms. The summed E-state index contributed by atoms with van der Waals surface area (Å²) < 4.78 is 0. The molecule has 0 atom stereocenters. The second-order valence-corrected chi connectivity index (χ2v) is 3.53. The van der Waals surface area contributed by atoms with Gasteiger partial charge in [0.25, 0.3) is 0 Å². The summed E-state index contributed by atoms with van der Waals surface area (Å²) in [7, 11) is 0. The molecule has 0 fully saturated rings. The molecular formula is C9H10Cl2N2O. The summed E-state index contributed by atoms with van der Waals surface area (Å²) in [4.78, 5) is 10.5. The predicted molar refractivity (Wildman–Crippen MR) is 58.8 cm³/mol. The summed E-state index contributed by atoms with van der Waals surface area (Å²) in [6.07, 6.45) is 0.267. The van der Waals surface area contributed by atoms with Crippen LogP contribution in [0.2, 0.25) is 10.0 Å². The molecule has 1 amide bonds. The highest BCUT2D eigenvalue weighted by Gasteiger charge is 2.03. The number of anilines is 1. The van der Waals surface area contributed by atoms with Crippen LogP contribution in [0.3, 0.4) is 0 Å². The fourth-order valence-electron chi connectivity index (χ4n) is 0.961. The Morgan fingerprint density at radius 3 is 2.79 bits per heavy atom. The second kappa shape index (κ2) is 5.08. The van der Waals surface area contributed by atoms with Crippen LogP contribution >= 0.6 is 23.2 Å². The molecule has 14 heavy (non-hydrogen) atoms. The van der Waals surface area contributed by atoms with E-state index in [2.05, 4.69) is 5.32 Å². The number of nitrogens with two attached hydrogens (primary N) is 1. The normalized spacial score (nSPS) is 9.86. The molecule has 0 aliphatic carbocycles. The summed E-state index contributed by atoms with van der Waals surface area (Å²) in [5, 5.41) is 3.91. The molecule has 0 saturated carbocycles. The first kappa shape index (κ1) is 11.1. The lowest BCUT2D eigenvalue weighted by Crippen LogP contribution is -2.15. The molecule has 0 bridgehead atoms. The van der Waals surface area contributed by atoms with Crippen molar-refractivity contribution < 1.29 is 4.79 Å². The SMILES string of the molecule is NC(=O)CCNc1cccc(Cl)c1Cl. The molecule has 3 nitrogen and oxygen atoms in total. The minimum absolute atomic E-state index is 0.267. The van der Waals surface area contributed by atoms with Gasteiger partial charge < -0.3 is 11.1 Å². The predicted octanol–water partition coefficient (Wildman–Crippen LogP) is 2.28. The van der Waals surface area contributed by atoms with Crippen LogP contribution in [0, 0.1) is 0 Å². The Balaban J connectivity index is 2.59. The lowest BCUT2D eigenvalue weighted by Gasteiger charge is -2.07. The van der Waals surface area contributed by atoms with Crippen molar-refractivity contribution in [1.29, 1.82) is 0 Å². The summed E-state index contributed by atoms with van der Waals surface area (Å²) in [5.41, 5.74) is 5.70. The van der Waals surface area contributed by atoms with E-state index in [1.807, 2.05) is 0 Å². The van der Waals surface area contributed by atoms with Crippen LogP contribution in [0.25, 0.3) is 0 Å². The van der Waals surface area contributed by atoms with Gasteiger partial charge in [-0.05, 0) is 12.1 Å². The number of benzene rings is 1. The number of halogens is 2. The third-order valence-corrected chi connectivity index (χ3v) is 2.46. The van der Waals surface area contributed by atoms with E-state index in [1.165, 1.54) is 0 Å². The smallest absolute Gasteiger partial charge is 0.219 e. The average Bonchev–Trinajstić information content (AvgIpc) is 2.12. The molecule has 0 aliphatic heterocycles. The molecule has 0 aromatic heterocycles. The molecule has 0 unspecified atom stereocenters. The number of hydrogen-bond acceptors (Lipinski definition) is 2. The first-order valence-electron chi connectivity index (χ1n) is 4.07. The molecule has 0 heterocycles. The zero-order valence-electron chi connectivity index (χ0n) is 7.39. The fraction of sp³-hybridized carbons (Fsp3) is 0.222. The van der Waals surface area contributed by atoms with Crippen LogP contribution in [0.5, 0.6) is 0 Å². The highest BCUT2D eigenvalue weighted by Crippen LogP contribution is 2.29. The number of hydrogen-bond donors (Lipinski definition) is 2. The number of primary amides is 1. The van der Waals surface area contributed by atoms with Crippen LogP contribution < -0.4 is 11.1 Å². The summed E-state index contributed by atoms with van der Waals surface area (Å²) in [6, 6.07) is 5.26. The van der Waals surface area contributed by atoms with E-state index in [-0.39, 0.29) is 12.3 Å². The molecule has 0 radical (unpaired) electrons. The Hall–Kier alpha value is -0.930. The lowest BCUT2D eigenvalue weighted by atomic mass is 10.3. The van der Waals surface area contributed by atoms with Gasteiger partial charge in [-0.15, -0.1) is 0 Å². The van der Waals surface area contributed by atoms with Gasteiger partial charge in [0, 0.05) is 13.0 Å². The van der Waals surface area contributed by atoms with Crippen LogP contribution in [0.15, 0.2) is 18.2 Å². The van der Waals surface area contributed by atoms with Crippen molar-refractivity contribution in [3.8, 4) is 0 Å². The van der Waals surface area contributed by atoms with Gasteiger partial charge in [0.15, 0.2) is 0 Å². The Bertz CT molecular complexity index is 342. The lowest BCUT2D eigenvalue weighted by molar-refractivity contribution is -0.117. The number of carbonyl (C=O) groups excluding carboxylic acids is 1. The van der Waals surface area contributed by atoms with Gasteiger partial charge in [-0.1, -0.05) is 29.3 Å². The molecule has 76 valence electrons. The van der Waals surface area contributed by atoms with E-state index in [0.717, 1.165) is 0 Å². The van der Waals surface area contributed by atoms with Crippen LogP contribution in [0.1, 0.15) is 6.42 Å². The Morgan fingerprint density at radius 1 is 1.43 bits per heavy atom. The average molecular weight is 233 g/mol. The number of rotatable bonds is 4. The third-order valence-electron chi connectivity index (χ3n) is 1.64.